The van der Waals surface area contributed by atoms with Gasteiger partial charge in [-0.2, -0.15) is 0 Å². The summed E-state index contributed by atoms with van der Waals surface area (Å²) in [7, 11) is 3.20. The molecule has 1 fully saturated rings. The number of amidine groups is 1. The molecule has 3 rings (SSSR count). The highest BCUT2D eigenvalue weighted by Crippen LogP contribution is 2.31. The van der Waals surface area contributed by atoms with E-state index in [1.54, 1.807) is 56.6 Å². The molecule has 1 saturated heterocycles. The number of methoxy groups -OCH3 is 1. The number of amides is 2. The van der Waals surface area contributed by atoms with E-state index in [2.05, 4.69) is 10.3 Å². The number of aliphatic imine (C=N–C) groups is 1. The molecule has 0 saturated carbocycles. The van der Waals surface area contributed by atoms with Crippen molar-refractivity contribution in [1.82, 2.24) is 4.90 Å². The minimum atomic E-state index is -0.590. The molecule has 9 heteroatoms. The summed E-state index contributed by atoms with van der Waals surface area (Å²) in [4.78, 5) is 30.9. The maximum absolute atomic E-state index is 12.6. The van der Waals surface area contributed by atoms with Crippen LogP contribution >= 0.6 is 35.0 Å². The SMILES string of the molecule is COc1ccc(NC(=O)[C@H]2CC(=O)N(C)C(=Nc3ccc(Cl)c(Cl)c3)S2)cc1. The predicted molar refractivity (Wildman–Crippen MR) is 114 cm³/mol. The summed E-state index contributed by atoms with van der Waals surface area (Å²) in [5, 5.41) is 3.44. The van der Waals surface area contributed by atoms with Gasteiger partial charge in [-0.15, -0.1) is 0 Å². The summed E-state index contributed by atoms with van der Waals surface area (Å²) in [6.45, 7) is 0. The second kappa shape index (κ2) is 8.86. The predicted octanol–water partition coefficient (Wildman–Crippen LogP) is 4.59. The molecule has 0 aliphatic carbocycles. The van der Waals surface area contributed by atoms with Crippen molar-refractivity contribution in [2.75, 3.05) is 19.5 Å². The Morgan fingerprint density at radius 3 is 2.57 bits per heavy atom. The number of hydrogen-bond acceptors (Lipinski definition) is 5. The average molecular weight is 438 g/mol. The van der Waals surface area contributed by atoms with Gasteiger partial charge in [-0.05, 0) is 42.5 Å². The molecular weight excluding hydrogens is 421 g/mol. The molecule has 0 spiro atoms. The number of carbonyl (C=O) groups excluding carboxylic acids is 2. The number of nitrogens with zero attached hydrogens (tertiary/aromatic N) is 2. The highest BCUT2D eigenvalue weighted by Gasteiger charge is 2.34. The van der Waals surface area contributed by atoms with Crippen molar-refractivity contribution in [2.45, 2.75) is 11.7 Å². The lowest BCUT2D eigenvalue weighted by atomic mass is 10.2. The number of rotatable bonds is 4. The smallest absolute Gasteiger partial charge is 0.238 e. The summed E-state index contributed by atoms with van der Waals surface area (Å²) >= 11 is 13.2. The molecule has 0 unspecified atom stereocenters. The maximum Gasteiger partial charge on any atom is 0.238 e. The summed E-state index contributed by atoms with van der Waals surface area (Å²) in [6.07, 6.45) is 0.0869. The van der Waals surface area contributed by atoms with Crippen molar-refractivity contribution < 1.29 is 14.3 Å². The van der Waals surface area contributed by atoms with Crippen LogP contribution in [0.2, 0.25) is 10.0 Å². The summed E-state index contributed by atoms with van der Waals surface area (Å²) in [5.41, 5.74) is 1.17. The Hall–Kier alpha value is -2.22. The van der Waals surface area contributed by atoms with E-state index in [0.717, 1.165) is 0 Å². The van der Waals surface area contributed by atoms with Gasteiger partial charge >= 0.3 is 0 Å². The number of carbonyl (C=O) groups is 2. The van der Waals surface area contributed by atoms with Crippen molar-refractivity contribution >= 4 is 63.3 Å². The lowest BCUT2D eigenvalue weighted by Gasteiger charge is -2.28. The second-order valence-corrected chi connectivity index (χ2v) is 7.96. The van der Waals surface area contributed by atoms with E-state index in [0.29, 0.717) is 32.3 Å². The normalized spacial score (nSPS) is 18.3. The van der Waals surface area contributed by atoms with E-state index >= 15 is 0 Å². The minimum absolute atomic E-state index is 0.0869. The van der Waals surface area contributed by atoms with Gasteiger partial charge < -0.3 is 10.1 Å². The van der Waals surface area contributed by atoms with Gasteiger partial charge in [0.15, 0.2) is 5.17 Å². The van der Waals surface area contributed by atoms with Crippen LogP contribution in [0.4, 0.5) is 11.4 Å². The largest absolute Gasteiger partial charge is 0.497 e. The van der Waals surface area contributed by atoms with Crippen LogP contribution in [-0.2, 0) is 9.59 Å². The summed E-state index contributed by atoms with van der Waals surface area (Å²) < 4.78 is 5.10. The monoisotopic (exact) mass is 437 g/mol. The molecule has 1 heterocycles. The quantitative estimate of drug-likeness (QED) is 0.758. The van der Waals surface area contributed by atoms with Gasteiger partial charge in [-0.25, -0.2) is 4.99 Å². The third kappa shape index (κ3) is 4.79. The molecule has 0 bridgehead atoms. The highest BCUT2D eigenvalue weighted by molar-refractivity contribution is 8.15. The Balaban J connectivity index is 1.76. The van der Waals surface area contributed by atoms with E-state index in [1.165, 1.54) is 16.7 Å². The van der Waals surface area contributed by atoms with Gasteiger partial charge in [-0.3, -0.25) is 14.5 Å². The van der Waals surface area contributed by atoms with Crippen LogP contribution in [-0.4, -0.2) is 41.3 Å². The molecule has 1 N–H and O–H groups in total. The van der Waals surface area contributed by atoms with Gasteiger partial charge in [0, 0.05) is 19.2 Å². The lowest BCUT2D eigenvalue weighted by Crippen LogP contribution is -2.43. The van der Waals surface area contributed by atoms with E-state index in [9.17, 15) is 9.59 Å². The van der Waals surface area contributed by atoms with Crippen molar-refractivity contribution in [3.05, 3.63) is 52.5 Å². The molecule has 1 atom stereocenters. The Morgan fingerprint density at radius 1 is 1.21 bits per heavy atom. The number of thioether (sulfide) groups is 1. The van der Waals surface area contributed by atoms with E-state index in [1.807, 2.05) is 0 Å². The molecule has 2 aromatic rings. The van der Waals surface area contributed by atoms with Gasteiger partial charge in [0.1, 0.15) is 11.0 Å². The molecule has 1 aliphatic rings. The van der Waals surface area contributed by atoms with Gasteiger partial charge in [-0.1, -0.05) is 35.0 Å². The number of anilines is 1. The maximum atomic E-state index is 12.6. The number of benzene rings is 2. The Bertz CT molecular complexity index is 935. The third-order valence-corrected chi connectivity index (χ3v) is 6.03. The van der Waals surface area contributed by atoms with Gasteiger partial charge in [0.05, 0.1) is 22.8 Å². The Labute approximate surface area is 176 Å². The van der Waals surface area contributed by atoms with Gasteiger partial charge in [0.2, 0.25) is 11.8 Å². The first-order valence-corrected chi connectivity index (χ1v) is 9.93. The standard InChI is InChI=1S/C19H17Cl2N3O3S/c1-24-17(25)10-16(18(26)22-11-3-6-13(27-2)7-4-11)28-19(24)23-12-5-8-14(20)15(21)9-12/h3-9,16H,10H2,1-2H3,(H,22,26)/t16-/m1/s1. The summed E-state index contributed by atoms with van der Waals surface area (Å²) in [5.74, 6) is 0.240. The topological polar surface area (TPSA) is 71.0 Å². The molecule has 28 heavy (non-hydrogen) atoms. The first-order valence-electron chi connectivity index (χ1n) is 8.29. The first kappa shape index (κ1) is 20.5. The van der Waals surface area contributed by atoms with Gasteiger partial charge in [0.25, 0.3) is 0 Å². The fourth-order valence-corrected chi connectivity index (χ4v) is 3.82. The minimum Gasteiger partial charge on any atom is -0.497 e. The van der Waals surface area contributed by atoms with Crippen molar-refractivity contribution in [1.29, 1.82) is 0 Å². The van der Waals surface area contributed by atoms with Crippen molar-refractivity contribution in [3.8, 4) is 5.75 Å². The Kier molecular flexibility index (Phi) is 6.49. The number of halogens is 2. The lowest BCUT2D eigenvalue weighted by molar-refractivity contribution is -0.128. The molecular formula is C19H17Cl2N3O3S. The molecule has 146 valence electrons. The van der Waals surface area contributed by atoms with Crippen LogP contribution in [0, 0.1) is 0 Å². The third-order valence-electron chi connectivity index (χ3n) is 4.05. The fraction of sp³-hybridized carbons (Fsp3) is 0.211. The molecule has 6 nitrogen and oxygen atoms in total. The van der Waals surface area contributed by atoms with Crippen LogP contribution in [0.15, 0.2) is 47.5 Å². The molecule has 2 aromatic carbocycles. The van der Waals surface area contributed by atoms with Crippen molar-refractivity contribution in [2.24, 2.45) is 4.99 Å². The highest BCUT2D eigenvalue weighted by atomic mass is 35.5. The van der Waals surface area contributed by atoms with E-state index in [4.69, 9.17) is 27.9 Å². The number of ether oxygens (including phenoxy) is 1. The molecule has 0 radical (unpaired) electrons. The van der Waals surface area contributed by atoms with E-state index < -0.39 is 5.25 Å². The van der Waals surface area contributed by atoms with Crippen LogP contribution < -0.4 is 10.1 Å². The summed E-state index contributed by atoms with van der Waals surface area (Å²) in [6, 6.07) is 11.9. The number of hydrogen-bond donors (Lipinski definition) is 1. The van der Waals surface area contributed by atoms with Crippen LogP contribution in [0.25, 0.3) is 0 Å². The zero-order valence-electron chi connectivity index (χ0n) is 15.1. The molecule has 0 aromatic heterocycles. The number of nitrogens with one attached hydrogen (secondary N) is 1. The van der Waals surface area contributed by atoms with E-state index in [-0.39, 0.29) is 18.2 Å². The van der Waals surface area contributed by atoms with Crippen LogP contribution in [0.3, 0.4) is 0 Å². The zero-order chi connectivity index (χ0) is 20.3. The Morgan fingerprint density at radius 2 is 1.93 bits per heavy atom. The zero-order valence-corrected chi connectivity index (χ0v) is 17.4. The van der Waals surface area contributed by atoms with Crippen molar-refractivity contribution in [3.63, 3.8) is 0 Å². The average Bonchev–Trinajstić information content (AvgIpc) is 2.68. The van der Waals surface area contributed by atoms with Crippen LogP contribution in [0.5, 0.6) is 5.75 Å². The molecule has 2 amide bonds. The first-order chi connectivity index (χ1) is 13.4. The second-order valence-electron chi connectivity index (χ2n) is 5.97. The fourth-order valence-electron chi connectivity index (χ4n) is 2.46. The molecule has 1 aliphatic heterocycles. The van der Waals surface area contributed by atoms with Crippen LogP contribution in [0.1, 0.15) is 6.42 Å².